The molecule has 0 radical (unpaired) electrons. The predicted octanol–water partition coefficient (Wildman–Crippen LogP) is 3.43. The molecular weight excluding hydrogens is 270 g/mol. The zero-order chi connectivity index (χ0) is 14.8. The molecule has 0 aliphatic carbocycles. The standard InChI is InChI=1S/C16H19NO2S/c1-4-17(12-13(2)3)20(18,19)16-11-7-9-14-8-5-6-10-15(14)16/h5-11H,2,4,12H2,1,3H3. The van der Waals surface area contributed by atoms with Crippen molar-refractivity contribution >= 4 is 20.8 Å². The molecule has 20 heavy (non-hydrogen) atoms. The SMILES string of the molecule is C=C(C)CN(CC)S(=O)(=O)c1cccc2ccccc12. The average molecular weight is 289 g/mol. The van der Waals surface area contributed by atoms with Crippen molar-refractivity contribution in [3.8, 4) is 0 Å². The van der Waals surface area contributed by atoms with Crippen LogP contribution in [0.25, 0.3) is 10.8 Å². The molecule has 0 N–H and O–H groups in total. The van der Waals surface area contributed by atoms with Gasteiger partial charge in [-0.3, -0.25) is 0 Å². The van der Waals surface area contributed by atoms with E-state index in [1.807, 2.05) is 44.2 Å². The summed E-state index contributed by atoms with van der Waals surface area (Å²) in [5.41, 5.74) is 0.829. The predicted molar refractivity (Wildman–Crippen MR) is 83.2 cm³/mol. The highest BCUT2D eigenvalue weighted by Gasteiger charge is 2.24. The first-order chi connectivity index (χ1) is 9.46. The van der Waals surface area contributed by atoms with Gasteiger partial charge in [-0.15, -0.1) is 0 Å². The summed E-state index contributed by atoms with van der Waals surface area (Å²) in [6.07, 6.45) is 0. The Morgan fingerprint density at radius 1 is 1.15 bits per heavy atom. The van der Waals surface area contributed by atoms with Gasteiger partial charge in [0.15, 0.2) is 0 Å². The molecular formula is C16H19NO2S. The van der Waals surface area contributed by atoms with Gasteiger partial charge < -0.3 is 0 Å². The Morgan fingerprint density at radius 2 is 1.80 bits per heavy atom. The third-order valence-corrected chi connectivity index (χ3v) is 5.15. The second-order valence-corrected chi connectivity index (χ2v) is 6.77. The number of sulfonamides is 1. The minimum Gasteiger partial charge on any atom is -0.207 e. The van der Waals surface area contributed by atoms with Gasteiger partial charge in [-0.1, -0.05) is 55.5 Å². The van der Waals surface area contributed by atoms with Crippen molar-refractivity contribution in [3.63, 3.8) is 0 Å². The van der Waals surface area contributed by atoms with Crippen molar-refractivity contribution in [2.24, 2.45) is 0 Å². The van der Waals surface area contributed by atoms with Crippen LogP contribution in [0.5, 0.6) is 0 Å². The van der Waals surface area contributed by atoms with Gasteiger partial charge in [-0.05, 0) is 18.4 Å². The van der Waals surface area contributed by atoms with Crippen LogP contribution < -0.4 is 0 Å². The molecule has 0 spiro atoms. The smallest absolute Gasteiger partial charge is 0.207 e. The lowest BCUT2D eigenvalue weighted by Crippen LogP contribution is -2.32. The monoisotopic (exact) mass is 289 g/mol. The van der Waals surface area contributed by atoms with E-state index in [9.17, 15) is 8.42 Å². The summed E-state index contributed by atoms with van der Waals surface area (Å²) in [6.45, 7) is 8.26. The van der Waals surface area contributed by atoms with E-state index in [0.29, 0.717) is 18.0 Å². The third kappa shape index (κ3) is 2.76. The lowest BCUT2D eigenvalue weighted by molar-refractivity contribution is 0.453. The summed E-state index contributed by atoms with van der Waals surface area (Å²) in [5.74, 6) is 0. The van der Waals surface area contributed by atoms with Gasteiger partial charge in [0.25, 0.3) is 0 Å². The summed E-state index contributed by atoms with van der Waals surface area (Å²) < 4.78 is 27.1. The molecule has 0 aliphatic rings. The molecule has 0 bridgehead atoms. The number of benzene rings is 2. The van der Waals surface area contributed by atoms with E-state index < -0.39 is 10.0 Å². The van der Waals surface area contributed by atoms with Gasteiger partial charge in [-0.2, -0.15) is 4.31 Å². The van der Waals surface area contributed by atoms with E-state index in [0.717, 1.165) is 16.3 Å². The van der Waals surface area contributed by atoms with E-state index in [4.69, 9.17) is 0 Å². The Balaban J connectivity index is 2.59. The van der Waals surface area contributed by atoms with Crippen LogP contribution in [0.1, 0.15) is 13.8 Å². The normalized spacial score (nSPS) is 11.9. The zero-order valence-electron chi connectivity index (χ0n) is 11.8. The van der Waals surface area contributed by atoms with Crippen LogP contribution in [0.15, 0.2) is 59.5 Å². The van der Waals surface area contributed by atoms with Crippen LogP contribution in [0.4, 0.5) is 0 Å². The molecule has 106 valence electrons. The Morgan fingerprint density at radius 3 is 2.45 bits per heavy atom. The summed E-state index contributed by atoms with van der Waals surface area (Å²) in [5, 5.41) is 1.69. The maximum Gasteiger partial charge on any atom is 0.243 e. The molecule has 0 atom stereocenters. The highest BCUT2D eigenvalue weighted by Crippen LogP contribution is 2.25. The van der Waals surface area contributed by atoms with Crippen LogP contribution in [0, 0.1) is 0 Å². The largest absolute Gasteiger partial charge is 0.243 e. The van der Waals surface area contributed by atoms with Crippen LogP contribution >= 0.6 is 0 Å². The van der Waals surface area contributed by atoms with Crippen molar-refractivity contribution in [1.82, 2.24) is 4.31 Å². The Kier molecular flexibility index (Phi) is 4.26. The van der Waals surface area contributed by atoms with Crippen LogP contribution in [0.3, 0.4) is 0 Å². The highest BCUT2D eigenvalue weighted by atomic mass is 32.2. The topological polar surface area (TPSA) is 37.4 Å². The number of fused-ring (bicyclic) bond motifs is 1. The molecule has 0 fully saturated rings. The van der Waals surface area contributed by atoms with Gasteiger partial charge >= 0.3 is 0 Å². The van der Waals surface area contributed by atoms with E-state index in [-0.39, 0.29) is 0 Å². The fourth-order valence-electron chi connectivity index (χ4n) is 2.23. The van der Waals surface area contributed by atoms with Gasteiger partial charge in [0.2, 0.25) is 10.0 Å². The van der Waals surface area contributed by atoms with Crippen LogP contribution in [0.2, 0.25) is 0 Å². The molecule has 0 saturated heterocycles. The van der Waals surface area contributed by atoms with Crippen molar-refractivity contribution in [2.75, 3.05) is 13.1 Å². The molecule has 2 aromatic carbocycles. The van der Waals surface area contributed by atoms with Gasteiger partial charge in [0, 0.05) is 18.5 Å². The first-order valence-corrected chi connectivity index (χ1v) is 8.03. The molecule has 0 aromatic heterocycles. The third-order valence-electron chi connectivity index (χ3n) is 3.17. The first kappa shape index (κ1) is 14.8. The second-order valence-electron chi connectivity index (χ2n) is 4.87. The molecule has 4 heteroatoms. The molecule has 2 rings (SSSR count). The average Bonchev–Trinajstić information content (AvgIpc) is 2.43. The van der Waals surface area contributed by atoms with Gasteiger partial charge in [0.05, 0.1) is 4.90 Å². The summed E-state index contributed by atoms with van der Waals surface area (Å²) in [7, 11) is -3.50. The summed E-state index contributed by atoms with van der Waals surface area (Å²) in [4.78, 5) is 0.360. The highest BCUT2D eigenvalue weighted by molar-refractivity contribution is 7.89. The molecule has 2 aromatic rings. The van der Waals surface area contributed by atoms with E-state index in [1.54, 1.807) is 12.1 Å². The maximum atomic E-state index is 12.8. The summed E-state index contributed by atoms with van der Waals surface area (Å²) >= 11 is 0. The lowest BCUT2D eigenvalue weighted by Gasteiger charge is -2.21. The number of hydrogen-bond acceptors (Lipinski definition) is 2. The fraction of sp³-hybridized carbons (Fsp3) is 0.250. The zero-order valence-corrected chi connectivity index (χ0v) is 12.7. The quantitative estimate of drug-likeness (QED) is 0.791. The second kappa shape index (κ2) is 5.77. The van der Waals surface area contributed by atoms with E-state index in [1.165, 1.54) is 4.31 Å². The van der Waals surface area contributed by atoms with Gasteiger partial charge in [-0.25, -0.2) is 8.42 Å². The lowest BCUT2D eigenvalue weighted by atomic mass is 10.1. The maximum absolute atomic E-state index is 12.8. The Labute approximate surface area is 120 Å². The van der Waals surface area contributed by atoms with Crippen LogP contribution in [-0.4, -0.2) is 25.8 Å². The molecule has 0 saturated carbocycles. The minimum absolute atomic E-state index is 0.349. The van der Waals surface area contributed by atoms with Crippen LogP contribution in [-0.2, 0) is 10.0 Å². The Bertz CT molecular complexity index is 730. The molecule has 0 unspecified atom stereocenters. The number of likely N-dealkylation sites (N-methyl/N-ethyl adjacent to an activating group) is 1. The van der Waals surface area contributed by atoms with Crippen molar-refractivity contribution in [3.05, 3.63) is 54.6 Å². The molecule has 0 amide bonds. The number of hydrogen-bond donors (Lipinski definition) is 0. The summed E-state index contributed by atoms with van der Waals surface area (Å²) in [6, 6.07) is 12.9. The first-order valence-electron chi connectivity index (χ1n) is 6.59. The number of nitrogens with zero attached hydrogens (tertiary/aromatic N) is 1. The van der Waals surface area contributed by atoms with Gasteiger partial charge in [0.1, 0.15) is 0 Å². The Hall–Kier alpha value is -1.65. The van der Waals surface area contributed by atoms with Crippen molar-refractivity contribution in [1.29, 1.82) is 0 Å². The molecule has 0 aliphatic heterocycles. The molecule has 0 heterocycles. The van der Waals surface area contributed by atoms with E-state index in [2.05, 4.69) is 6.58 Å². The van der Waals surface area contributed by atoms with E-state index >= 15 is 0 Å². The van der Waals surface area contributed by atoms with Crippen molar-refractivity contribution in [2.45, 2.75) is 18.7 Å². The number of rotatable bonds is 5. The van der Waals surface area contributed by atoms with Crippen molar-refractivity contribution < 1.29 is 8.42 Å². The molecule has 3 nitrogen and oxygen atoms in total. The fourth-order valence-corrected chi connectivity index (χ4v) is 3.95. The minimum atomic E-state index is -3.50.